The minimum atomic E-state index is -0.140. The molecule has 3 heteroatoms. The SMILES string of the molecule is OC[C@H](Cc1ccccc1)N=Cc1ccccc1Cl. The average molecular weight is 274 g/mol. The van der Waals surface area contributed by atoms with Crippen LogP contribution in [0.2, 0.25) is 5.02 Å². The molecule has 2 aromatic carbocycles. The van der Waals surface area contributed by atoms with Crippen LogP contribution in [0.1, 0.15) is 11.1 Å². The number of hydrogen-bond donors (Lipinski definition) is 1. The molecule has 0 saturated heterocycles. The van der Waals surface area contributed by atoms with Crippen LogP contribution in [0.3, 0.4) is 0 Å². The van der Waals surface area contributed by atoms with Gasteiger partial charge in [-0.2, -0.15) is 0 Å². The lowest BCUT2D eigenvalue weighted by molar-refractivity contribution is 0.266. The van der Waals surface area contributed by atoms with Crippen LogP contribution in [0.25, 0.3) is 0 Å². The van der Waals surface area contributed by atoms with Gasteiger partial charge in [-0.25, -0.2) is 0 Å². The molecular weight excluding hydrogens is 258 g/mol. The Labute approximate surface area is 118 Å². The first-order valence-electron chi connectivity index (χ1n) is 6.22. The van der Waals surface area contributed by atoms with Gasteiger partial charge in [0.15, 0.2) is 0 Å². The molecule has 0 saturated carbocycles. The van der Waals surface area contributed by atoms with Crippen LogP contribution in [0.5, 0.6) is 0 Å². The number of aliphatic hydroxyl groups excluding tert-OH is 1. The summed E-state index contributed by atoms with van der Waals surface area (Å²) in [5.74, 6) is 0. The Morgan fingerprint density at radius 1 is 1.05 bits per heavy atom. The fourth-order valence-corrected chi connectivity index (χ4v) is 2.00. The molecule has 0 aliphatic rings. The first kappa shape index (κ1) is 13.8. The molecule has 0 aliphatic carbocycles. The Kier molecular flexibility index (Phi) is 5.13. The van der Waals surface area contributed by atoms with E-state index in [-0.39, 0.29) is 12.6 Å². The second-order valence-electron chi connectivity index (χ2n) is 4.33. The van der Waals surface area contributed by atoms with E-state index < -0.39 is 0 Å². The van der Waals surface area contributed by atoms with Crippen LogP contribution >= 0.6 is 11.6 Å². The third kappa shape index (κ3) is 4.19. The second-order valence-corrected chi connectivity index (χ2v) is 4.73. The Morgan fingerprint density at radius 2 is 1.74 bits per heavy atom. The molecule has 2 rings (SSSR count). The van der Waals surface area contributed by atoms with E-state index in [1.54, 1.807) is 6.21 Å². The largest absolute Gasteiger partial charge is 0.394 e. The van der Waals surface area contributed by atoms with Crippen LogP contribution in [0.4, 0.5) is 0 Å². The van der Waals surface area contributed by atoms with Crippen LogP contribution in [0, 0.1) is 0 Å². The molecule has 1 N–H and O–H groups in total. The van der Waals surface area contributed by atoms with Crippen LogP contribution in [-0.4, -0.2) is 24.0 Å². The zero-order valence-electron chi connectivity index (χ0n) is 10.5. The number of nitrogens with zero attached hydrogens (tertiary/aromatic N) is 1. The number of hydrogen-bond acceptors (Lipinski definition) is 2. The van der Waals surface area contributed by atoms with E-state index in [2.05, 4.69) is 4.99 Å². The highest BCUT2D eigenvalue weighted by Gasteiger charge is 2.05. The van der Waals surface area contributed by atoms with Gasteiger partial charge in [0.2, 0.25) is 0 Å². The quantitative estimate of drug-likeness (QED) is 0.833. The first-order valence-corrected chi connectivity index (χ1v) is 6.60. The lowest BCUT2D eigenvalue weighted by Gasteiger charge is -2.09. The average Bonchev–Trinajstić information content (AvgIpc) is 2.46. The molecule has 2 nitrogen and oxygen atoms in total. The number of aliphatic imine (C=N–C) groups is 1. The summed E-state index contributed by atoms with van der Waals surface area (Å²) in [6.07, 6.45) is 2.45. The monoisotopic (exact) mass is 273 g/mol. The van der Waals surface area contributed by atoms with Crippen LogP contribution < -0.4 is 0 Å². The van der Waals surface area contributed by atoms with E-state index >= 15 is 0 Å². The molecular formula is C16H16ClNO. The topological polar surface area (TPSA) is 32.6 Å². The summed E-state index contributed by atoms with van der Waals surface area (Å²) in [6, 6.07) is 17.4. The van der Waals surface area contributed by atoms with E-state index in [0.717, 1.165) is 17.5 Å². The second kappa shape index (κ2) is 7.07. The molecule has 0 amide bonds. The molecule has 0 spiro atoms. The molecule has 0 radical (unpaired) electrons. The lowest BCUT2D eigenvalue weighted by atomic mass is 10.1. The van der Waals surface area contributed by atoms with Gasteiger partial charge in [0, 0.05) is 16.8 Å². The van der Waals surface area contributed by atoms with Gasteiger partial charge in [0.25, 0.3) is 0 Å². The maximum atomic E-state index is 9.39. The minimum absolute atomic E-state index is 0.0237. The number of rotatable bonds is 5. The third-order valence-corrected chi connectivity index (χ3v) is 3.20. The number of aliphatic hydroxyl groups is 1. The summed E-state index contributed by atoms with van der Waals surface area (Å²) in [4.78, 5) is 4.41. The third-order valence-electron chi connectivity index (χ3n) is 2.85. The van der Waals surface area contributed by atoms with Gasteiger partial charge in [0.1, 0.15) is 0 Å². The summed E-state index contributed by atoms with van der Waals surface area (Å²) in [6.45, 7) is 0.0237. The smallest absolute Gasteiger partial charge is 0.0770 e. The fraction of sp³-hybridized carbons (Fsp3) is 0.188. The van der Waals surface area contributed by atoms with Crippen molar-refractivity contribution >= 4 is 17.8 Å². The predicted octanol–water partition coefficient (Wildman–Crippen LogP) is 3.36. The van der Waals surface area contributed by atoms with Crippen molar-refractivity contribution in [1.82, 2.24) is 0 Å². The van der Waals surface area contributed by atoms with Gasteiger partial charge < -0.3 is 5.11 Å². The molecule has 0 unspecified atom stereocenters. The zero-order valence-corrected chi connectivity index (χ0v) is 11.3. The maximum Gasteiger partial charge on any atom is 0.0770 e. The highest BCUT2D eigenvalue weighted by molar-refractivity contribution is 6.33. The maximum absolute atomic E-state index is 9.39. The zero-order chi connectivity index (χ0) is 13.5. The first-order chi connectivity index (χ1) is 9.29. The molecule has 0 fully saturated rings. The van der Waals surface area contributed by atoms with Gasteiger partial charge in [-0.05, 0) is 18.1 Å². The van der Waals surface area contributed by atoms with Crippen molar-refractivity contribution in [2.45, 2.75) is 12.5 Å². The van der Waals surface area contributed by atoms with E-state index in [1.165, 1.54) is 0 Å². The van der Waals surface area contributed by atoms with Gasteiger partial charge >= 0.3 is 0 Å². The van der Waals surface area contributed by atoms with Gasteiger partial charge in [-0.1, -0.05) is 60.1 Å². The molecule has 0 aliphatic heterocycles. The Hall–Kier alpha value is -1.64. The molecule has 0 bridgehead atoms. The van der Waals surface area contributed by atoms with E-state index in [0.29, 0.717) is 5.02 Å². The summed E-state index contributed by atoms with van der Waals surface area (Å²) >= 11 is 6.06. The summed E-state index contributed by atoms with van der Waals surface area (Å²) in [5.41, 5.74) is 2.04. The summed E-state index contributed by atoms with van der Waals surface area (Å²) in [7, 11) is 0. The van der Waals surface area contributed by atoms with Crippen molar-refractivity contribution in [1.29, 1.82) is 0 Å². The molecule has 0 heterocycles. The van der Waals surface area contributed by atoms with Crippen LogP contribution in [0.15, 0.2) is 59.6 Å². The summed E-state index contributed by atoms with van der Waals surface area (Å²) < 4.78 is 0. The van der Waals surface area contributed by atoms with Crippen LogP contribution in [-0.2, 0) is 6.42 Å². The Morgan fingerprint density at radius 3 is 2.42 bits per heavy atom. The van der Waals surface area contributed by atoms with Crippen molar-refractivity contribution in [2.24, 2.45) is 4.99 Å². The van der Waals surface area contributed by atoms with E-state index in [9.17, 15) is 5.11 Å². The fourth-order valence-electron chi connectivity index (χ4n) is 1.82. The molecule has 0 aromatic heterocycles. The highest BCUT2D eigenvalue weighted by Crippen LogP contribution is 2.13. The molecule has 98 valence electrons. The molecule has 2 aromatic rings. The standard InChI is InChI=1S/C16H16ClNO/c17-16-9-5-4-8-14(16)11-18-15(12-19)10-13-6-2-1-3-7-13/h1-9,11,15,19H,10,12H2/t15-/m0/s1. The summed E-state index contributed by atoms with van der Waals surface area (Å²) in [5, 5.41) is 10.1. The van der Waals surface area contributed by atoms with Crippen molar-refractivity contribution in [3.63, 3.8) is 0 Å². The minimum Gasteiger partial charge on any atom is -0.394 e. The van der Waals surface area contributed by atoms with E-state index in [4.69, 9.17) is 11.6 Å². The van der Waals surface area contributed by atoms with Gasteiger partial charge in [0.05, 0.1) is 12.6 Å². The highest BCUT2D eigenvalue weighted by atomic mass is 35.5. The van der Waals surface area contributed by atoms with Gasteiger partial charge in [-0.15, -0.1) is 0 Å². The van der Waals surface area contributed by atoms with Crippen molar-refractivity contribution < 1.29 is 5.11 Å². The normalized spacial score (nSPS) is 12.7. The lowest BCUT2D eigenvalue weighted by Crippen LogP contribution is -2.14. The molecule has 19 heavy (non-hydrogen) atoms. The Balaban J connectivity index is 2.05. The molecule has 1 atom stereocenters. The van der Waals surface area contributed by atoms with Gasteiger partial charge in [-0.3, -0.25) is 4.99 Å². The van der Waals surface area contributed by atoms with Crippen molar-refractivity contribution in [3.05, 3.63) is 70.7 Å². The van der Waals surface area contributed by atoms with Crippen molar-refractivity contribution in [2.75, 3.05) is 6.61 Å². The number of halogens is 1. The Bertz CT molecular complexity index is 539. The number of benzene rings is 2. The van der Waals surface area contributed by atoms with Crippen molar-refractivity contribution in [3.8, 4) is 0 Å². The van der Waals surface area contributed by atoms with E-state index in [1.807, 2.05) is 54.6 Å². The predicted molar refractivity (Wildman–Crippen MR) is 80.1 cm³/mol.